The molecule has 0 aromatic carbocycles. The van der Waals surface area contributed by atoms with Crippen LogP contribution in [0.25, 0.3) is 0 Å². The van der Waals surface area contributed by atoms with E-state index in [4.69, 9.17) is 14.2 Å². The fraction of sp³-hybridized carbons (Fsp3) is 0.819. The van der Waals surface area contributed by atoms with E-state index >= 15 is 0 Å². The highest BCUT2D eigenvalue weighted by Gasteiger charge is 2.19. The average Bonchev–Trinajstić information content (AvgIpc) is 3.44. The zero-order valence-electron chi connectivity index (χ0n) is 52.2. The summed E-state index contributed by atoms with van der Waals surface area (Å²) in [6.45, 7) is 6.58. The van der Waals surface area contributed by atoms with Gasteiger partial charge in [0.15, 0.2) is 6.10 Å². The molecule has 0 saturated heterocycles. The van der Waals surface area contributed by atoms with E-state index < -0.39 is 6.10 Å². The third kappa shape index (κ3) is 63.9. The monoisotopic (exact) mass is 1090 g/mol. The molecule has 0 bridgehead atoms. The molecule has 1 atom stereocenters. The van der Waals surface area contributed by atoms with Gasteiger partial charge in [-0.1, -0.05) is 319 Å². The standard InChI is InChI=1S/C72H130O6/c1-4-7-10-13-16-19-22-25-28-31-33-35-36-38-39-41-44-47-50-53-56-59-62-65-71(74)77-68-69(67-76-70(73)64-61-58-55-52-49-46-43-30-27-24-21-18-15-12-9-6-3)78-72(75)66-63-60-57-54-51-48-45-42-40-37-34-32-29-26-23-20-17-14-11-8-5-2/h8,11,17,20,26,29,31,33-34,37,69H,4-7,9-10,12-16,18-19,21-25,27-28,30,32,35-36,38-68H2,1-3H3/b11-8-,20-17-,29-26-,33-31-,37-34-. The van der Waals surface area contributed by atoms with Crippen molar-refractivity contribution in [2.24, 2.45) is 0 Å². The summed E-state index contributed by atoms with van der Waals surface area (Å²) in [5, 5.41) is 0. The molecule has 0 rings (SSSR count). The number of allylic oxidation sites excluding steroid dienone is 10. The Balaban J connectivity index is 4.33. The van der Waals surface area contributed by atoms with Crippen LogP contribution in [0.2, 0.25) is 0 Å². The molecule has 0 aliphatic carbocycles. The van der Waals surface area contributed by atoms with Crippen molar-refractivity contribution in [1.29, 1.82) is 0 Å². The zero-order chi connectivity index (χ0) is 56.4. The van der Waals surface area contributed by atoms with Gasteiger partial charge in [-0.15, -0.1) is 0 Å². The SMILES string of the molecule is CC/C=C\C/C=C\C/C=C\C/C=C\CCCCCCCCCCC(=O)OC(COC(=O)CCCCCCCCCCCCC/C=C\CCCCCCCCCC)COC(=O)CCCCCCCCCCCCCCCCCC. The molecule has 6 nitrogen and oxygen atoms in total. The molecule has 0 spiro atoms. The van der Waals surface area contributed by atoms with Crippen molar-refractivity contribution in [3.63, 3.8) is 0 Å². The normalized spacial score (nSPS) is 12.4. The second-order valence-electron chi connectivity index (χ2n) is 23.1. The van der Waals surface area contributed by atoms with Gasteiger partial charge in [0.05, 0.1) is 0 Å². The second kappa shape index (κ2) is 66.6. The average molecular weight is 1090 g/mol. The van der Waals surface area contributed by atoms with Crippen LogP contribution in [0.4, 0.5) is 0 Å². The topological polar surface area (TPSA) is 78.9 Å². The molecule has 78 heavy (non-hydrogen) atoms. The number of ether oxygens (including phenoxy) is 3. The first kappa shape index (κ1) is 75.1. The molecule has 1 unspecified atom stereocenters. The molecule has 0 heterocycles. The molecular weight excluding hydrogens is 961 g/mol. The predicted octanol–water partition coefficient (Wildman–Crippen LogP) is 23.5. The van der Waals surface area contributed by atoms with E-state index in [0.717, 1.165) is 89.9 Å². The van der Waals surface area contributed by atoms with Crippen molar-refractivity contribution in [2.45, 2.75) is 367 Å². The Morgan fingerprint density at radius 1 is 0.269 bits per heavy atom. The van der Waals surface area contributed by atoms with Crippen LogP contribution in [0.1, 0.15) is 361 Å². The Morgan fingerprint density at radius 2 is 0.500 bits per heavy atom. The number of hydrogen-bond donors (Lipinski definition) is 0. The Morgan fingerprint density at radius 3 is 0.795 bits per heavy atom. The van der Waals surface area contributed by atoms with E-state index in [0.29, 0.717) is 19.3 Å². The van der Waals surface area contributed by atoms with Crippen LogP contribution in [0.15, 0.2) is 60.8 Å². The summed E-state index contributed by atoms with van der Waals surface area (Å²) >= 11 is 0. The Hall–Kier alpha value is -2.89. The number of hydrogen-bond acceptors (Lipinski definition) is 6. The fourth-order valence-electron chi connectivity index (χ4n) is 10.1. The third-order valence-corrected chi connectivity index (χ3v) is 15.3. The van der Waals surface area contributed by atoms with Gasteiger partial charge in [0.1, 0.15) is 13.2 Å². The van der Waals surface area contributed by atoms with Crippen molar-refractivity contribution in [1.82, 2.24) is 0 Å². The fourth-order valence-corrected chi connectivity index (χ4v) is 10.1. The van der Waals surface area contributed by atoms with Gasteiger partial charge in [-0.05, 0) is 83.5 Å². The molecule has 0 aliphatic rings. The molecule has 6 heteroatoms. The molecule has 0 saturated carbocycles. The van der Waals surface area contributed by atoms with Gasteiger partial charge < -0.3 is 14.2 Å². The van der Waals surface area contributed by atoms with Crippen molar-refractivity contribution in [3.05, 3.63) is 60.8 Å². The van der Waals surface area contributed by atoms with Crippen LogP contribution >= 0.6 is 0 Å². The Bertz CT molecular complexity index is 1390. The highest BCUT2D eigenvalue weighted by Crippen LogP contribution is 2.18. The van der Waals surface area contributed by atoms with Gasteiger partial charge in [0.25, 0.3) is 0 Å². The van der Waals surface area contributed by atoms with Crippen molar-refractivity contribution >= 4 is 17.9 Å². The first-order valence-electron chi connectivity index (χ1n) is 34.3. The number of esters is 3. The summed E-state index contributed by atoms with van der Waals surface area (Å²) in [6.07, 6.45) is 85.2. The molecule has 0 fully saturated rings. The van der Waals surface area contributed by atoms with Crippen molar-refractivity contribution in [2.75, 3.05) is 13.2 Å². The Labute approximate surface area is 485 Å². The largest absolute Gasteiger partial charge is 0.462 e. The maximum Gasteiger partial charge on any atom is 0.306 e. The minimum Gasteiger partial charge on any atom is -0.462 e. The quantitative estimate of drug-likeness (QED) is 0.0261. The summed E-state index contributed by atoms with van der Waals surface area (Å²) in [6, 6.07) is 0. The summed E-state index contributed by atoms with van der Waals surface area (Å²) < 4.78 is 17.0. The van der Waals surface area contributed by atoms with Gasteiger partial charge >= 0.3 is 17.9 Å². The number of unbranched alkanes of at least 4 members (excludes halogenated alkanes) is 42. The highest BCUT2D eigenvalue weighted by atomic mass is 16.6. The van der Waals surface area contributed by atoms with Crippen molar-refractivity contribution in [3.8, 4) is 0 Å². The lowest BCUT2D eigenvalue weighted by atomic mass is 10.0. The van der Waals surface area contributed by atoms with Crippen LogP contribution < -0.4 is 0 Å². The second-order valence-corrected chi connectivity index (χ2v) is 23.1. The van der Waals surface area contributed by atoms with Crippen molar-refractivity contribution < 1.29 is 28.6 Å². The predicted molar refractivity (Wildman–Crippen MR) is 339 cm³/mol. The highest BCUT2D eigenvalue weighted by molar-refractivity contribution is 5.71. The van der Waals surface area contributed by atoms with E-state index in [1.807, 2.05) is 0 Å². The first-order valence-corrected chi connectivity index (χ1v) is 34.3. The van der Waals surface area contributed by atoms with E-state index in [1.54, 1.807) is 0 Å². The van der Waals surface area contributed by atoms with E-state index in [2.05, 4.69) is 81.5 Å². The number of carbonyl (C=O) groups is 3. The smallest absolute Gasteiger partial charge is 0.306 e. The lowest BCUT2D eigenvalue weighted by Crippen LogP contribution is -2.30. The third-order valence-electron chi connectivity index (χ3n) is 15.3. The van der Waals surface area contributed by atoms with Crippen LogP contribution in [0, 0.1) is 0 Å². The molecular formula is C72H130O6. The van der Waals surface area contributed by atoms with E-state index in [-0.39, 0.29) is 31.1 Å². The molecule has 0 N–H and O–H groups in total. The number of carbonyl (C=O) groups excluding carboxylic acids is 3. The van der Waals surface area contributed by atoms with Crippen LogP contribution in [0.3, 0.4) is 0 Å². The maximum atomic E-state index is 12.9. The molecule has 0 amide bonds. The van der Waals surface area contributed by atoms with Gasteiger partial charge in [-0.2, -0.15) is 0 Å². The molecule has 454 valence electrons. The van der Waals surface area contributed by atoms with E-state index in [9.17, 15) is 14.4 Å². The van der Waals surface area contributed by atoms with Gasteiger partial charge in [-0.3, -0.25) is 14.4 Å². The Kier molecular flexibility index (Phi) is 64.2. The van der Waals surface area contributed by atoms with Crippen LogP contribution in [-0.2, 0) is 28.6 Å². The molecule has 0 radical (unpaired) electrons. The minimum atomic E-state index is -0.779. The van der Waals surface area contributed by atoms with E-state index in [1.165, 1.54) is 231 Å². The number of rotatable bonds is 63. The lowest BCUT2D eigenvalue weighted by molar-refractivity contribution is -0.167. The summed E-state index contributed by atoms with van der Waals surface area (Å²) in [5.74, 6) is -0.859. The summed E-state index contributed by atoms with van der Waals surface area (Å²) in [4.78, 5) is 38.4. The van der Waals surface area contributed by atoms with Crippen LogP contribution in [0.5, 0.6) is 0 Å². The van der Waals surface area contributed by atoms with Gasteiger partial charge in [0, 0.05) is 19.3 Å². The zero-order valence-corrected chi connectivity index (χ0v) is 52.2. The lowest BCUT2D eigenvalue weighted by Gasteiger charge is -2.18. The van der Waals surface area contributed by atoms with Gasteiger partial charge in [-0.25, -0.2) is 0 Å². The first-order chi connectivity index (χ1) is 38.5. The maximum absolute atomic E-state index is 12.9. The van der Waals surface area contributed by atoms with Gasteiger partial charge in [0.2, 0.25) is 0 Å². The molecule has 0 aromatic rings. The molecule has 0 aromatic heterocycles. The summed E-state index contributed by atoms with van der Waals surface area (Å²) in [7, 11) is 0. The summed E-state index contributed by atoms with van der Waals surface area (Å²) in [5.41, 5.74) is 0. The minimum absolute atomic E-state index is 0.0736. The molecule has 0 aliphatic heterocycles. The van der Waals surface area contributed by atoms with Crippen LogP contribution in [-0.4, -0.2) is 37.2 Å².